The van der Waals surface area contributed by atoms with Crippen LogP contribution in [-0.4, -0.2) is 29.3 Å². The molecule has 0 bridgehead atoms. The molecule has 2 rings (SSSR count). The summed E-state index contributed by atoms with van der Waals surface area (Å²) in [5.41, 5.74) is 6.39. The maximum absolute atomic E-state index is 11.6. The third kappa shape index (κ3) is 5.03. The van der Waals surface area contributed by atoms with Crippen molar-refractivity contribution in [2.45, 2.75) is 6.54 Å². The van der Waals surface area contributed by atoms with Gasteiger partial charge >= 0.3 is 0 Å². The maximum atomic E-state index is 11.6. The summed E-state index contributed by atoms with van der Waals surface area (Å²) >= 11 is 11.7. The van der Waals surface area contributed by atoms with Crippen molar-refractivity contribution in [3.63, 3.8) is 0 Å². The molecule has 1 aromatic carbocycles. The van der Waals surface area contributed by atoms with Crippen LogP contribution < -0.4 is 16.4 Å². The number of rotatable bonds is 6. The minimum atomic E-state index is -0.426. The van der Waals surface area contributed by atoms with Crippen molar-refractivity contribution in [2.24, 2.45) is 0 Å². The Hall–Kier alpha value is -1.54. The van der Waals surface area contributed by atoms with E-state index in [1.807, 2.05) is 6.07 Å². The Kier molecular flexibility index (Phi) is 7.40. The van der Waals surface area contributed by atoms with Crippen LogP contribution in [0, 0.1) is 0 Å². The maximum Gasteiger partial charge on any atom is 0.277 e. The molecular formula is C12H14Cl3N5O2. The average Bonchev–Trinajstić information content (AvgIpc) is 2.88. The van der Waals surface area contributed by atoms with E-state index in [-0.39, 0.29) is 23.9 Å². The summed E-state index contributed by atoms with van der Waals surface area (Å²) in [4.78, 5) is 11.6. The Balaban J connectivity index is 0.00000242. The minimum absolute atomic E-state index is 0. The largest absolute Gasteiger partial charge is 0.379 e. The lowest BCUT2D eigenvalue weighted by atomic mass is 10.2. The van der Waals surface area contributed by atoms with Crippen molar-refractivity contribution in [3.05, 3.63) is 39.5 Å². The van der Waals surface area contributed by atoms with E-state index in [1.165, 1.54) is 0 Å². The van der Waals surface area contributed by atoms with E-state index in [2.05, 4.69) is 25.6 Å². The molecule has 120 valence electrons. The zero-order valence-electron chi connectivity index (χ0n) is 11.3. The predicted octanol–water partition coefficient (Wildman–Crippen LogP) is 1.90. The number of carbonyl (C=O) groups is 1. The number of nitrogens with two attached hydrogens (primary N) is 1. The van der Waals surface area contributed by atoms with Crippen molar-refractivity contribution < 1.29 is 9.42 Å². The molecule has 7 nitrogen and oxygen atoms in total. The van der Waals surface area contributed by atoms with Crippen molar-refractivity contribution in [1.29, 1.82) is 0 Å². The van der Waals surface area contributed by atoms with Crippen molar-refractivity contribution in [2.75, 3.05) is 18.8 Å². The second-order valence-corrected chi connectivity index (χ2v) is 4.99. The van der Waals surface area contributed by atoms with Crippen LogP contribution in [0.2, 0.25) is 10.0 Å². The predicted molar refractivity (Wildman–Crippen MR) is 86.5 cm³/mol. The molecule has 0 saturated heterocycles. The van der Waals surface area contributed by atoms with Gasteiger partial charge in [-0.25, -0.2) is 4.63 Å². The number of hydrogen-bond donors (Lipinski definition) is 3. The quantitative estimate of drug-likeness (QED) is 0.674. The third-order valence-electron chi connectivity index (χ3n) is 2.63. The summed E-state index contributed by atoms with van der Waals surface area (Å²) in [6.45, 7) is 1.59. The first-order valence-corrected chi connectivity index (χ1v) is 6.84. The van der Waals surface area contributed by atoms with Gasteiger partial charge in [-0.3, -0.25) is 4.79 Å². The molecule has 0 aliphatic heterocycles. The number of carbonyl (C=O) groups excluding carboxylic acids is 1. The van der Waals surface area contributed by atoms with Crippen LogP contribution in [0.15, 0.2) is 22.8 Å². The van der Waals surface area contributed by atoms with Crippen LogP contribution in [0.3, 0.4) is 0 Å². The molecule has 22 heavy (non-hydrogen) atoms. The van der Waals surface area contributed by atoms with Crippen molar-refractivity contribution in [3.8, 4) is 0 Å². The molecule has 0 fully saturated rings. The van der Waals surface area contributed by atoms with Gasteiger partial charge in [0, 0.05) is 19.6 Å². The summed E-state index contributed by atoms with van der Waals surface area (Å²) in [5, 5.41) is 13.6. The number of nitrogen functional groups attached to an aromatic ring is 1. The summed E-state index contributed by atoms with van der Waals surface area (Å²) in [7, 11) is 0. The van der Waals surface area contributed by atoms with Gasteiger partial charge in [-0.1, -0.05) is 29.3 Å². The highest BCUT2D eigenvalue weighted by atomic mass is 35.5. The molecule has 1 amide bonds. The second kappa shape index (κ2) is 8.79. The van der Waals surface area contributed by atoms with E-state index >= 15 is 0 Å². The first-order valence-electron chi connectivity index (χ1n) is 6.09. The fourth-order valence-electron chi connectivity index (χ4n) is 1.58. The van der Waals surface area contributed by atoms with E-state index < -0.39 is 5.91 Å². The van der Waals surface area contributed by atoms with Gasteiger partial charge in [0.15, 0.2) is 0 Å². The summed E-state index contributed by atoms with van der Waals surface area (Å²) < 4.78 is 4.35. The van der Waals surface area contributed by atoms with Gasteiger partial charge in [0.1, 0.15) is 0 Å². The normalized spacial score (nSPS) is 10.1. The number of hydrogen-bond acceptors (Lipinski definition) is 6. The number of aromatic nitrogens is 2. The Bertz CT molecular complexity index is 635. The monoisotopic (exact) mass is 365 g/mol. The third-order valence-corrected chi connectivity index (χ3v) is 3.37. The average molecular weight is 367 g/mol. The Morgan fingerprint density at radius 3 is 2.64 bits per heavy atom. The zero-order chi connectivity index (χ0) is 15.2. The SMILES string of the molecule is Cl.Nc1nonc1C(=O)NCCNCc1ccc(Cl)c(Cl)c1. The number of amides is 1. The highest BCUT2D eigenvalue weighted by Crippen LogP contribution is 2.22. The van der Waals surface area contributed by atoms with Gasteiger partial charge in [0.25, 0.3) is 5.91 Å². The first kappa shape index (κ1) is 18.5. The molecule has 0 saturated carbocycles. The summed E-state index contributed by atoms with van der Waals surface area (Å²) in [6.07, 6.45) is 0. The minimum Gasteiger partial charge on any atom is -0.379 e. The molecule has 1 heterocycles. The van der Waals surface area contributed by atoms with Crippen LogP contribution in [0.4, 0.5) is 5.82 Å². The van der Waals surface area contributed by atoms with Crippen LogP contribution in [0.5, 0.6) is 0 Å². The van der Waals surface area contributed by atoms with Gasteiger partial charge in [-0.2, -0.15) is 0 Å². The molecule has 10 heteroatoms. The highest BCUT2D eigenvalue weighted by molar-refractivity contribution is 6.42. The van der Waals surface area contributed by atoms with Crippen molar-refractivity contribution >= 4 is 47.3 Å². The molecular weight excluding hydrogens is 353 g/mol. The van der Waals surface area contributed by atoms with Crippen LogP contribution >= 0.6 is 35.6 Å². The van der Waals surface area contributed by atoms with Gasteiger partial charge in [-0.05, 0) is 28.0 Å². The van der Waals surface area contributed by atoms with Gasteiger partial charge in [0.2, 0.25) is 11.5 Å². The smallest absolute Gasteiger partial charge is 0.277 e. The zero-order valence-corrected chi connectivity index (χ0v) is 13.6. The molecule has 2 aromatic rings. The standard InChI is InChI=1S/C12H13Cl2N5O2.ClH/c13-8-2-1-7(5-9(8)14)6-16-3-4-17-12(20)10-11(15)19-21-18-10;/h1-2,5,16H,3-4,6H2,(H2,15,19)(H,17,20);1H. The van der Waals surface area contributed by atoms with Gasteiger partial charge in [0.05, 0.1) is 10.0 Å². The van der Waals surface area contributed by atoms with E-state index in [4.69, 9.17) is 28.9 Å². The van der Waals surface area contributed by atoms with Crippen LogP contribution in [-0.2, 0) is 6.54 Å². The molecule has 0 aliphatic carbocycles. The number of nitrogens with zero attached hydrogens (tertiary/aromatic N) is 2. The van der Waals surface area contributed by atoms with E-state index in [0.29, 0.717) is 29.7 Å². The van der Waals surface area contributed by atoms with E-state index in [0.717, 1.165) is 5.56 Å². The first-order chi connectivity index (χ1) is 10.1. The Morgan fingerprint density at radius 2 is 2.00 bits per heavy atom. The van der Waals surface area contributed by atoms with Gasteiger partial charge < -0.3 is 16.4 Å². The summed E-state index contributed by atoms with van der Waals surface area (Å²) in [5.74, 6) is -0.457. The number of anilines is 1. The lowest BCUT2D eigenvalue weighted by Gasteiger charge is -2.07. The van der Waals surface area contributed by atoms with E-state index in [1.54, 1.807) is 12.1 Å². The topological polar surface area (TPSA) is 106 Å². The van der Waals surface area contributed by atoms with Crippen molar-refractivity contribution in [1.82, 2.24) is 20.9 Å². The molecule has 0 spiro atoms. The lowest BCUT2D eigenvalue weighted by molar-refractivity contribution is 0.0944. The lowest BCUT2D eigenvalue weighted by Crippen LogP contribution is -2.32. The van der Waals surface area contributed by atoms with E-state index in [9.17, 15) is 4.79 Å². The molecule has 0 atom stereocenters. The van der Waals surface area contributed by atoms with Crippen LogP contribution in [0.25, 0.3) is 0 Å². The molecule has 0 unspecified atom stereocenters. The number of benzene rings is 1. The van der Waals surface area contributed by atoms with Crippen LogP contribution in [0.1, 0.15) is 16.1 Å². The summed E-state index contributed by atoms with van der Waals surface area (Å²) in [6, 6.07) is 5.40. The second-order valence-electron chi connectivity index (χ2n) is 4.18. The fraction of sp³-hybridized carbons (Fsp3) is 0.250. The Labute approximate surface area is 142 Å². The van der Waals surface area contributed by atoms with Gasteiger partial charge in [-0.15, -0.1) is 12.4 Å². The highest BCUT2D eigenvalue weighted by Gasteiger charge is 2.14. The molecule has 0 aliphatic rings. The number of nitrogens with one attached hydrogen (secondary N) is 2. The number of halogens is 3. The molecule has 0 radical (unpaired) electrons. The molecule has 1 aromatic heterocycles. The Morgan fingerprint density at radius 1 is 1.23 bits per heavy atom. The fourth-order valence-corrected chi connectivity index (χ4v) is 1.90. The molecule has 4 N–H and O–H groups in total.